The molecule has 0 aliphatic carbocycles. The summed E-state index contributed by atoms with van der Waals surface area (Å²) in [5, 5.41) is 0. The summed E-state index contributed by atoms with van der Waals surface area (Å²) in [4.78, 5) is 12.6. The van der Waals surface area contributed by atoms with Gasteiger partial charge in [-0.15, -0.1) is 0 Å². The Morgan fingerprint density at radius 3 is 2.90 bits per heavy atom. The van der Waals surface area contributed by atoms with Crippen LogP contribution in [0.15, 0.2) is 46.9 Å². The van der Waals surface area contributed by atoms with E-state index in [0.717, 1.165) is 5.56 Å². The molecule has 0 radical (unpaired) electrons. The van der Waals surface area contributed by atoms with Crippen LogP contribution in [-0.4, -0.2) is 12.4 Å². The van der Waals surface area contributed by atoms with Crippen LogP contribution in [-0.2, 0) is 0 Å². The number of hydrogen-bond donors (Lipinski definition) is 0. The van der Waals surface area contributed by atoms with Gasteiger partial charge >= 0.3 is 0 Å². The van der Waals surface area contributed by atoms with Crippen molar-refractivity contribution >= 4 is 21.7 Å². The van der Waals surface area contributed by atoms with E-state index < -0.39 is 5.82 Å². The Labute approximate surface area is 124 Å². The summed E-state index contributed by atoms with van der Waals surface area (Å²) in [7, 11) is 0. The van der Waals surface area contributed by atoms with E-state index in [4.69, 9.17) is 4.74 Å². The van der Waals surface area contributed by atoms with Crippen molar-refractivity contribution in [1.82, 2.24) is 0 Å². The minimum Gasteiger partial charge on any atom is -0.493 e. The first-order valence-corrected chi connectivity index (χ1v) is 7.17. The van der Waals surface area contributed by atoms with E-state index >= 15 is 0 Å². The van der Waals surface area contributed by atoms with E-state index in [9.17, 15) is 9.18 Å². The maximum atomic E-state index is 13.9. The molecule has 0 bridgehead atoms. The standard InChI is InChI=1S/C16H12BrFO2/c17-10-5-6-14(18)13(9-10)16(19)12-7-8-20-15-4-2-1-3-11(12)15/h1-6,9,12H,7-8H2. The van der Waals surface area contributed by atoms with Gasteiger partial charge in [0.2, 0.25) is 0 Å². The van der Waals surface area contributed by atoms with Crippen LogP contribution < -0.4 is 4.74 Å². The first kappa shape index (κ1) is 13.3. The van der Waals surface area contributed by atoms with Crippen LogP contribution in [0.1, 0.15) is 28.3 Å². The Kier molecular flexibility index (Phi) is 3.57. The third-order valence-electron chi connectivity index (χ3n) is 3.47. The van der Waals surface area contributed by atoms with Crippen molar-refractivity contribution < 1.29 is 13.9 Å². The normalized spacial score (nSPS) is 17.2. The number of ketones is 1. The summed E-state index contributed by atoms with van der Waals surface area (Å²) >= 11 is 3.28. The third kappa shape index (κ3) is 2.36. The summed E-state index contributed by atoms with van der Waals surface area (Å²) in [5.74, 6) is -0.307. The molecule has 2 aromatic carbocycles. The fraction of sp³-hybridized carbons (Fsp3) is 0.188. The van der Waals surface area contributed by atoms with E-state index in [1.807, 2.05) is 24.3 Å². The van der Waals surface area contributed by atoms with Crippen LogP contribution in [0.5, 0.6) is 5.75 Å². The maximum absolute atomic E-state index is 13.9. The molecule has 4 heteroatoms. The predicted octanol–water partition coefficient (Wildman–Crippen LogP) is 4.34. The fourth-order valence-corrected chi connectivity index (χ4v) is 2.85. The molecule has 1 atom stereocenters. The molecule has 3 rings (SSSR count). The predicted molar refractivity (Wildman–Crippen MR) is 77.7 cm³/mol. The van der Waals surface area contributed by atoms with Gasteiger partial charge in [-0.05, 0) is 30.7 Å². The van der Waals surface area contributed by atoms with Crippen molar-refractivity contribution in [1.29, 1.82) is 0 Å². The quantitative estimate of drug-likeness (QED) is 0.764. The Morgan fingerprint density at radius 1 is 1.25 bits per heavy atom. The third-order valence-corrected chi connectivity index (χ3v) is 3.96. The van der Waals surface area contributed by atoms with E-state index in [0.29, 0.717) is 23.2 Å². The number of ether oxygens (including phenoxy) is 1. The number of carbonyl (C=O) groups is 1. The first-order chi connectivity index (χ1) is 9.66. The van der Waals surface area contributed by atoms with Gasteiger partial charge in [-0.3, -0.25) is 4.79 Å². The monoisotopic (exact) mass is 334 g/mol. The molecular formula is C16H12BrFO2. The summed E-state index contributed by atoms with van der Waals surface area (Å²) in [6.07, 6.45) is 0.571. The minimum atomic E-state index is -0.484. The van der Waals surface area contributed by atoms with E-state index in [1.165, 1.54) is 12.1 Å². The van der Waals surface area contributed by atoms with Crippen molar-refractivity contribution in [2.24, 2.45) is 0 Å². The van der Waals surface area contributed by atoms with Crippen molar-refractivity contribution in [3.63, 3.8) is 0 Å². The zero-order valence-electron chi connectivity index (χ0n) is 10.6. The molecule has 0 N–H and O–H groups in total. The number of hydrogen-bond acceptors (Lipinski definition) is 2. The molecule has 0 saturated carbocycles. The summed E-state index contributed by atoms with van der Waals surface area (Å²) in [6.45, 7) is 0.475. The van der Waals surface area contributed by atoms with Crippen molar-refractivity contribution in [2.75, 3.05) is 6.61 Å². The lowest BCUT2D eigenvalue weighted by Gasteiger charge is -2.25. The van der Waals surface area contributed by atoms with Crippen LogP contribution >= 0.6 is 15.9 Å². The Balaban J connectivity index is 2.02. The number of rotatable bonds is 2. The molecular weight excluding hydrogens is 323 g/mol. The van der Waals surface area contributed by atoms with Crippen LogP contribution in [0.2, 0.25) is 0 Å². The summed E-state index contributed by atoms with van der Waals surface area (Å²) in [6, 6.07) is 11.9. The van der Waals surface area contributed by atoms with Crippen molar-refractivity contribution in [3.05, 3.63) is 63.9 Å². The van der Waals surface area contributed by atoms with Gasteiger partial charge < -0.3 is 4.74 Å². The highest BCUT2D eigenvalue weighted by molar-refractivity contribution is 9.10. The highest BCUT2D eigenvalue weighted by atomic mass is 79.9. The van der Waals surface area contributed by atoms with Crippen molar-refractivity contribution in [3.8, 4) is 5.75 Å². The molecule has 0 aromatic heterocycles. The average molecular weight is 335 g/mol. The molecule has 20 heavy (non-hydrogen) atoms. The number of halogens is 2. The largest absolute Gasteiger partial charge is 0.493 e. The first-order valence-electron chi connectivity index (χ1n) is 6.38. The number of Topliss-reactive ketones (excluding diaryl/α,β-unsaturated/α-hetero) is 1. The molecule has 2 nitrogen and oxygen atoms in total. The van der Waals surface area contributed by atoms with Crippen LogP contribution in [0.4, 0.5) is 4.39 Å². The van der Waals surface area contributed by atoms with Gasteiger partial charge in [-0.25, -0.2) is 4.39 Å². The second-order valence-electron chi connectivity index (χ2n) is 4.72. The molecule has 1 aliphatic rings. The maximum Gasteiger partial charge on any atom is 0.173 e. The van der Waals surface area contributed by atoms with Gasteiger partial charge in [-0.2, -0.15) is 0 Å². The average Bonchev–Trinajstić information content (AvgIpc) is 2.48. The van der Waals surface area contributed by atoms with Gasteiger partial charge in [0.1, 0.15) is 11.6 Å². The lowest BCUT2D eigenvalue weighted by atomic mass is 9.86. The van der Waals surface area contributed by atoms with Crippen LogP contribution in [0, 0.1) is 5.82 Å². The fourth-order valence-electron chi connectivity index (χ4n) is 2.49. The van der Waals surface area contributed by atoms with Gasteiger partial charge in [-0.1, -0.05) is 34.1 Å². The molecule has 0 amide bonds. The number of para-hydroxylation sites is 1. The number of benzene rings is 2. The second kappa shape index (κ2) is 5.37. The molecule has 1 unspecified atom stereocenters. The van der Waals surface area contributed by atoms with Crippen LogP contribution in [0.25, 0.3) is 0 Å². The van der Waals surface area contributed by atoms with E-state index in [1.54, 1.807) is 6.07 Å². The van der Waals surface area contributed by atoms with Crippen molar-refractivity contribution in [2.45, 2.75) is 12.3 Å². The zero-order chi connectivity index (χ0) is 14.1. The van der Waals surface area contributed by atoms with E-state index in [2.05, 4.69) is 15.9 Å². The molecule has 0 fully saturated rings. The lowest BCUT2D eigenvalue weighted by molar-refractivity contribution is 0.0929. The topological polar surface area (TPSA) is 26.3 Å². The smallest absolute Gasteiger partial charge is 0.173 e. The summed E-state index contributed by atoms with van der Waals surface area (Å²) in [5.41, 5.74) is 0.962. The highest BCUT2D eigenvalue weighted by Gasteiger charge is 2.29. The van der Waals surface area contributed by atoms with Gasteiger partial charge in [0, 0.05) is 10.0 Å². The van der Waals surface area contributed by atoms with Crippen LogP contribution in [0.3, 0.4) is 0 Å². The number of carbonyl (C=O) groups excluding carboxylic acids is 1. The Morgan fingerprint density at radius 2 is 2.05 bits per heavy atom. The molecule has 102 valence electrons. The molecule has 1 aliphatic heterocycles. The molecule has 0 spiro atoms. The minimum absolute atomic E-state index is 0.126. The number of fused-ring (bicyclic) bond motifs is 1. The van der Waals surface area contributed by atoms with Gasteiger partial charge in [0.05, 0.1) is 18.1 Å². The molecule has 0 saturated heterocycles. The Bertz CT molecular complexity index is 669. The summed E-state index contributed by atoms with van der Waals surface area (Å²) < 4.78 is 20.1. The Hall–Kier alpha value is -1.68. The lowest BCUT2D eigenvalue weighted by Crippen LogP contribution is -2.22. The molecule has 1 heterocycles. The second-order valence-corrected chi connectivity index (χ2v) is 5.63. The van der Waals surface area contributed by atoms with E-state index in [-0.39, 0.29) is 17.3 Å². The zero-order valence-corrected chi connectivity index (χ0v) is 12.2. The van der Waals surface area contributed by atoms with Gasteiger partial charge in [0.15, 0.2) is 5.78 Å². The molecule has 2 aromatic rings. The van der Waals surface area contributed by atoms with Gasteiger partial charge in [0.25, 0.3) is 0 Å². The SMILES string of the molecule is O=C(c1cc(Br)ccc1F)C1CCOc2ccccc21. The highest BCUT2D eigenvalue weighted by Crippen LogP contribution is 2.36.